The molecule has 4 heteroatoms. The zero-order valence-corrected chi connectivity index (χ0v) is 12.3. The molecular weight excluding hydrogens is 349 g/mol. The van der Waals surface area contributed by atoms with Crippen molar-refractivity contribution < 1.29 is 13.6 Å². The van der Waals surface area contributed by atoms with Crippen LogP contribution < -0.4 is 0 Å². The summed E-state index contributed by atoms with van der Waals surface area (Å²) in [5, 5.41) is 0. The summed E-state index contributed by atoms with van der Waals surface area (Å²) in [5.41, 5.74) is 1.73. The highest BCUT2D eigenvalue weighted by molar-refractivity contribution is 14.1. The van der Waals surface area contributed by atoms with Crippen molar-refractivity contribution in [3.8, 4) is 0 Å². The Balaban J connectivity index is 2.07. The Kier molecular flexibility index (Phi) is 4.04. The maximum atomic E-state index is 13.1. The molecule has 98 valence electrons. The third kappa shape index (κ3) is 3.08. The second-order valence-corrected chi connectivity index (χ2v) is 6.11. The van der Waals surface area contributed by atoms with Gasteiger partial charge in [0.05, 0.1) is 0 Å². The van der Waals surface area contributed by atoms with E-state index in [0.29, 0.717) is 12.0 Å². The zero-order valence-electron chi connectivity index (χ0n) is 10.2. The summed E-state index contributed by atoms with van der Waals surface area (Å²) in [5.74, 6) is -2.74. The molecule has 0 aliphatic heterocycles. The lowest BCUT2D eigenvalue weighted by Crippen LogP contribution is -2.12. The summed E-state index contributed by atoms with van der Waals surface area (Å²) >= 11 is 2.14. The van der Waals surface area contributed by atoms with Crippen LogP contribution in [0.3, 0.4) is 0 Å². The lowest BCUT2D eigenvalue weighted by molar-refractivity contribution is 0.00497. The van der Waals surface area contributed by atoms with E-state index in [2.05, 4.69) is 22.6 Å². The molecule has 2 rings (SSSR count). The van der Waals surface area contributed by atoms with Crippen LogP contribution in [0.2, 0.25) is 0 Å². The molecule has 0 bridgehead atoms. The Hall–Kier alpha value is -0.520. The van der Waals surface area contributed by atoms with E-state index in [4.69, 9.17) is 0 Å². The fraction of sp³-hybridized carbons (Fsp3) is 0.500. The van der Waals surface area contributed by atoms with Crippen LogP contribution in [0.5, 0.6) is 0 Å². The molecule has 1 atom stereocenters. The van der Waals surface area contributed by atoms with Crippen molar-refractivity contribution in [3.05, 3.63) is 32.9 Å². The highest BCUT2D eigenvalue weighted by Gasteiger charge is 2.40. The molecule has 0 spiro atoms. The molecule has 1 saturated carbocycles. The number of halogens is 3. The normalized spacial score (nSPS) is 22.1. The lowest BCUT2D eigenvalue weighted by atomic mass is 9.96. The van der Waals surface area contributed by atoms with Crippen molar-refractivity contribution in [1.29, 1.82) is 0 Å². The maximum absolute atomic E-state index is 13.1. The summed E-state index contributed by atoms with van der Waals surface area (Å²) in [4.78, 5) is 12.1. The topological polar surface area (TPSA) is 17.1 Å². The van der Waals surface area contributed by atoms with Gasteiger partial charge in [-0.15, -0.1) is 0 Å². The van der Waals surface area contributed by atoms with Gasteiger partial charge in [0.25, 0.3) is 0 Å². The largest absolute Gasteiger partial charge is 0.294 e. The molecule has 1 aliphatic carbocycles. The molecule has 1 nitrogen and oxygen atoms in total. The van der Waals surface area contributed by atoms with Gasteiger partial charge < -0.3 is 0 Å². The predicted octanol–water partition coefficient (Wildman–Crippen LogP) is 4.61. The first kappa shape index (κ1) is 13.9. The molecule has 0 N–H and O–H groups in total. The number of Topliss-reactive ketones (excluding diaryl/α,β-unsaturated/α-hetero) is 1. The van der Waals surface area contributed by atoms with Crippen LogP contribution >= 0.6 is 22.6 Å². The summed E-state index contributed by atoms with van der Waals surface area (Å²) in [7, 11) is 0. The Bertz CT molecular complexity index is 471. The fourth-order valence-corrected chi connectivity index (χ4v) is 3.11. The van der Waals surface area contributed by atoms with Crippen LogP contribution in [0, 0.1) is 16.4 Å². The summed E-state index contributed by atoms with van der Waals surface area (Å²) in [6, 6.07) is 5.57. The standard InChI is InChI=1S/C14H15F2IO/c1-9-3-2-4-11(13(9)17)12(18)7-10-5-6-14(15,16)8-10/h2-4,10H,5-8H2,1H3. The van der Waals surface area contributed by atoms with Gasteiger partial charge in [0.15, 0.2) is 5.78 Å². The van der Waals surface area contributed by atoms with Crippen molar-refractivity contribution in [2.24, 2.45) is 5.92 Å². The van der Waals surface area contributed by atoms with E-state index < -0.39 is 5.92 Å². The van der Waals surface area contributed by atoms with E-state index >= 15 is 0 Å². The molecule has 0 heterocycles. The van der Waals surface area contributed by atoms with E-state index in [1.165, 1.54) is 0 Å². The van der Waals surface area contributed by atoms with Gasteiger partial charge in [0.2, 0.25) is 5.92 Å². The average Bonchev–Trinajstić information content (AvgIpc) is 2.62. The number of benzene rings is 1. The molecule has 1 aliphatic rings. The van der Waals surface area contributed by atoms with Gasteiger partial charge in [-0.3, -0.25) is 4.79 Å². The van der Waals surface area contributed by atoms with Crippen LogP contribution in [0.4, 0.5) is 8.78 Å². The second-order valence-electron chi connectivity index (χ2n) is 5.03. The molecular formula is C14H15F2IO. The Morgan fingerprint density at radius 3 is 2.83 bits per heavy atom. The third-order valence-electron chi connectivity index (χ3n) is 3.47. The fourth-order valence-electron chi connectivity index (χ4n) is 2.45. The van der Waals surface area contributed by atoms with Crippen LogP contribution in [0.15, 0.2) is 18.2 Å². The molecule has 1 unspecified atom stereocenters. The molecule has 1 aromatic rings. The average molecular weight is 364 g/mol. The first-order valence-corrected chi connectivity index (χ1v) is 7.13. The molecule has 0 saturated heterocycles. The summed E-state index contributed by atoms with van der Waals surface area (Å²) in [6.45, 7) is 1.95. The van der Waals surface area contributed by atoms with Crippen molar-refractivity contribution in [3.63, 3.8) is 0 Å². The van der Waals surface area contributed by atoms with E-state index in [1.54, 1.807) is 6.07 Å². The van der Waals surface area contributed by atoms with Gasteiger partial charge in [-0.1, -0.05) is 18.2 Å². The smallest absolute Gasteiger partial charge is 0.248 e. The highest BCUT2D eigenvalue weighted by atomic mass is 127. The molecule has 1 aromatic carbocycles. The Labute approximate surface area is 119 Å². The van der Waals surface area contributed by atoms with Gasteiger partial charge >= 0.3 is 0 Å². The number of rotatable bonds is 3. The number of ketones is 1. The van der Waals surface area contributed by atoms with E-state index in [-0.39, 0.29) is 31.0 Å². The Morgan fingerprint density at radius 1 is 1.50 bits per heavy atom. The number of hydrogen-bond acceptors (Lipinski definition) is 1. The van der Waals surface area contributed by atoms with Crippen molar-refractivity contribution in [2.75, 3.05) is 0 Å². The highest BCUT2D eigenvalue weighted by Crippen LogP contribution is 2.40. The molecule has 0 aromatic heterocycles. The predicted molar refractivity (Wildman–Crippen MR) is 75.1 cm³/mol. The molecule has 0 amide bonds. The third-order valence-corrected chi connectivity index (χ3v) is 4.90. The van der Waals surface area contributed by atoms with E-state index in [1.807, 2.05) is 19.1 Å². The number of alkyl halides is 2. The van der Waals surface area contributed by atoms with Gasteiger partial charge in [-0.25, -0.2) is 8.78 Å². The van der Waals surface area contributed by atoms with Crippen LogP contribution in [-0.2, 0) is 0 Å². The first-order valence-electron chi connectivity index (χ1n) is 6.05. The lowest BCUT2D eigenvalue weighted by Gasteiger charge is -2.11. The zero-order chi connectivity index (χ0) is 13.3. The van der Waals surface area contributed by atoms with Crippen molar-refractivity contribution in [1.82, 2.24) is 0 Å². The van der Waals surface area contributed by atoms with Gasteiger partial charge in [-0.2, -0.15) is 0 Å². The quantitative estimate of drug-likeness (QED) is 0.566. The van der Waals surface area contributed by atoms with Gasteiger partial charge in [0.1, 0.15) is 0 Å². The monoisotopic (exact) mass is 364 g/mol. The minimum absolute atomic E-state index is 0.00852. The molecule has 1 fully saturated rings. The Morgan fingerprint density at radius 2 is 2.22 bits per heavy atom. The van der Waals surface area contributed by atoms with Crippen LogP contribution in [-0.4, -0.2) is 11.7 Å². The molecule has 18 heavy (non-hydrogen) atoms. The van der Waals surface area contributed by atoms with E-state index in [0.717, 1.165) is 9.13 Å². The SMILES string of the molecule is Cc1cccc(C(=O)CC2CCC(F)(F)C2)c1I. The number of hydrogen-bond donors (Lipinski definition) is 0. The molecule has 0 radical (unpaired) electrons. The maximum Gasteiger partial charge on any atom is 0.248 e. The van der Waals surface area contributed by atoms with Crippen molar-refractivity contribution in [2.45, 2.75) is 38.5 Å². The van der Waals surface area contributed by atoms with Crippen LogP contribution in [0.1, 0.15) is 41.6 Å². The minimum Gasteiger partial charge on any atom is -0.294 e. The number of carbonyl (C=O) groups is 1. The van der Waals surface area contributed by atoms with Crippen molar-refractivity contribution >= 4 is 28.4 Å². The van der Waals surface area contributed by atoms with Gasteiger partial charge in [0, 0.05) is 28.4 Å². The summed E-state index contributed by atoms with van der Waals surface area (Å²) in [6.07, 6.45) is 0.493. The van der Waals surface area contributed by atoms with E-state index in [9.17, 15) is 13.6 Å². The van der Waals surface area contributed by atoms with Gasteiger partial charge in [-0.05, 0) is 47.4 Å². The van der Waals surface area contributed by atoms with Crippen LogP contribution in [0.25, 0.3) is 0 Å². The second kappa shape index (κ2) is 5.23. The minimum atomic E-state index is -2.56. The number of aryl methyl sites for hydroxylation is 1. The number of carbonyl (C=O) groups excluding carboxylic acids is 1. The summed E-state index contributed by atoms with van der Waals surface area (Å²) < 4.78 is 27.1. The first-order chi connectivity index (χ1) is 8.39.